The van der Waals surface area contributed by atoms with Crippen LogP contribution in [-0.4, -0.2) is 49.9 Å². The largest absolute Gasteiger partial charge is 0.365 e. The van der Waals surface area contributed by atoms with Crippen LogP contribution >= 0.6 is 0 Å². The number of benzene rings is 1. The second kappa shape index (κ2) is 7.29. The van der Waals surface area contributed by atoms with E-state index in [1.807, 2.05) is 30.7 Å². The zero-order valence-corrected chi connectivity index (χ0v) is 13.7. The molecule has 0 bridgehead atoms. The molecule has 0 aromatic heterocycles. The van der Waals surface area contributed by atoms with Crippen LogP contribution < -0.4 is 10.2 Å². The molecule has 5 heteroatoms. The summed E-state index contributed by atoms with van der Waals surface area (Å²) in [5.41, 5.74) is 3.36. The lowest BCUT2D eigenvalue weighted by Crippen LogP contribution is -2.42. The SMILES string of the molecule is Cc1cc(C)cc(N(C)CC(=O)NCC(=O)N2CCCC2)c1. The van der Waals surface area contributed by atoms with Crippen LogP contribution in [0.5, 0.6) is 0 Å². The molecule has 0 aliphatic carbocycles. The Bertz CT molecular complexity index is 531. The monoisotopic (exact) mass is 303 g/mol. The molecule has 22 heavy (non-hydrogen) atoms. The molecular weight excluding hydrogens is 278 g/mol. The molecule has 1 saturated heterocycles. The lowest BCUT2D eigenvalue weighted by Gasteiger charge is -2.20. The lowest BCUT2D eigenvalue weighted by molar-refractivity contribution is -0.131. The summed E-state index contributed by atoms with van der Waals surface area (Å²) >= 11 is 0. The summed E-state index contributed by atoms with van der Waals surface area (Å²) in [6.07, 6.45) is 2.13. The predicted molar refractivity (Wildman–Crippen MR) is 88.0 cm³/mol. The summed E-state index contributed by atoms with van der Waals surface area (Å²) in [6.45, 7) is 6.06. The van der Waals surface area contributed by atoms with Crippen molar-refractivity contribution in [1.82, 2.24) is 10.2 Å². The Morgan fingerprint density at radius 1 is 1.14 bits per heavy atom. The molecule has 1 aliphatic rings. The number of nitrogens with zero attached hydrogens (tertiary/aromatic N) is 2. The van der Waals surface area contributed by atoms with Crippen molar-refractivity contribution >= 4 is 17.5 Å². The Morgan fingerprint density at radius 3 is 2.32 bits per heavy atom. The van der Waals surface area contributed by atoms with Crippen molar-refractivity contribution in [3.8, 4) is 0 Å². The number of amides is 2. The highest BCUT2D eigenvalue weighted by Gasteiger charge is 2.18. The third kappa shape index (κ3) is 4.48. The van der Waals surface area contributed by atoms with Crippen LogP contribution in [0.2, 0.25) is 0 Å². The zero-order chi connectivity index (χ0) is 16.1. The molecule has 0 atom stereocenters. The minimum atomic E-state index is -0.130. The first-order chi connectivity index (χ1) is 10.5. The molecule has 1 heterocycles. The Morgan fingerprint density at radius 2 is 1.73 bits per heavy atom. The van der Waals surface area contributed by atoms with E-state index in [4.69, 9.17) is 0 Å². The fourth-order valence-electron chi connectivity index (χ4n) is 2.79. The number of hydrogen-bond acceptors (Lipinski definition) is 3. The number of carbonyl (C=O) groups excluding carboxylic acids is 2. The number of rotatable bonds is 5. The maximum Gasteiger partial charge on any atom is 0.241 e. The van der Waals surface area contributed by atoms with Gasteiger partial charge in [-0.2, -0.15) is 0 Å². The van der Waals surface area contributed by atoms with Gasteiger partial charge in [-0.05, 0) is 49.9 Å². The van der Waals surface area contributed by atoms with E-state index in [1.165, 1.54) is 11.1 Å². The number of aryl methyl sites for hydroxylation is 2. The summed E-state index contributed by atoms with van der Waals surface area (Å²) in [7, 11) is 1.89. The second-order valence-electron chi connectivity index (χ2n) is 6.07. The van der Waals surface area contributed by atoms with Crippen LogP contribution in [0.15, 0.2) is 18.2 Å². The van der Waals surface area contributed by atoms with Gasteiger partial charge in [-0.3, -0.25) is 9.59 Å². The van der Waals surface area contributed by atoms with Gasteiger partial charge >= 0.3 is 0 Å². The van der Waals surface area contributed by atoms with Crippen molar-refractivity contribution in [2.75, 3.05) is 38.1 Å². The van der Waals surface area contributed by atoms with Crippen LogP contribution in [0, 0.1) is 13.8 Å². The number of anilines is 1. The first-order valence-corrected chi connectivity index (χ1v) is 7.79. The Balaban J connectivity index is 1.81. The molecule has 0 spiro atoms. The molecule has 0 unspecified atom stereocenters. The van der Waals surface area contributed by atoms with Gasteiger partial charge in [0.15, 0.2) is 0 Å². The van der Waals surface area contributed by atoms with Crippen molar-refractivity contribution in [2.24, 2.45) is 0 Å². The number of likely N-dealkylation sites (N-methyl/N-ethyl adjacent to an activating group) is 1. The average Bonchev–Trinajstić information content (AvgIpc) is 2.98. The fourth-order valence-corrected chi connectivity index (χ4v) is 2.79. The molecule has 1 aliphatic heterocycles. The Hall–Kier alpha value is -2.04. The highest BCUT2D eigenvalue weighted by molar-refractivity contribution is 5.87. The maximum atomic E-state index is 12.0. The van der Waals surface area contributed by atoms with Gasteiger partial charge in [-0.25, -0.2) is 0 Å². The molecule has 5 nitrogen and oxygen atoms in total. The molecule has 2 amide bonds. The topological polar surface area (TPSA) is 52.7 Å². The van der Waals surface area contributed by atoms with Gasteiger partial charge in [0.25, 0.3) is 0 Å². The highest BCUT2D eigenvalue weighted by Crippen LogP contribution is 2.17. The van der Waals surface area contributed by atoms with Gasteiger partial charge in [0.1, 0.15) is 0 Å². The van der Waals surface area contributed by atoms with Gasteiger partial charge < -0.3 is 15.1 Å². The summed E-state index contributed by atoms with van der Waals surface area (Å²) in [6, 6.07) is 6.21. The average molecular weight is 303 g/mol. The van der Waals surface area contributed by atoms with E-state index in [0.29, 0.717) is 0 Å². The van der Waals surface area contributed by atoms with Gasteiger partial charge in [0.2, 0.25) is 11.8 Å². The van der Waals surface area contributed by atoms with E-state index in [1.54, 1.807) is 0 Å². The van der Waals surface area contributed by atoms with E-state index >= 15 is 0 Å². The minimum Gasteiger partial charge on any atom is -0.365 e. The molecule has 1 aromatic carbocycles. The summed E-state index contributed by atoms with van der Waals surface area (Å²) in [5.74, 6) is -0.117. The summed E-state index contributed by atoms with van der Waals surface area (Å²) < 4.78 is 0. The van der Waals surface area contributed by atoms with Gasteiger partial charge in [-0.15, -0.1) is 0 Å². The van der Waals surface area contributed by atoms with E-state index in [9.17, 15) is 9.59 Å². The van der Waals surface area contributed by atoms with E-state index in [0.717, 1.165) is 31.6 Å². The maximum absolute atomic E-state index is 12.0. The number of nitrogens with one attached hydrogen (secondary N) is 1. The van der Waals surface area contributed by atoms with Crippen LogP contribution in [0.1, 0.15) is 24.0 Å². The fraction of sp³-hybridized carbons (Fsp3) is 0.529. The number of hydrogen-bond donors (Lipinski definition) is 1. The Labute approximate surface area is 132 Å². The molecular formula is C17H25N3O2. The van der Waals surface area contributed by atoms with Gasteiger partial charge in [0.05, 0.1) is 13.1 Å². The minimum absolute atomic E-state index is 0.0138. The first kappa shape index (κ1) is 16.3. The smallest absolute Gasteiger partial charge is 0.241 e. The zero-order valence-electron chi connectivity index (χ0n) is 13.7. The van der Waals surface area contributed by atoms with E-state index in [2.05, 4.69) is 23.5 Å². The summed E-state index contributed by atoms with van der Waals surface area (Å²) in [5, 5.41) is 2.72. The van der Waals surface area contributed by atoms with Gasteiger partial charge in [-0.1, -0.05) is 6.07 Å². The normalized spacial score (nSPS) is 14.0. The van der Waals surface area contributed by atoms with Crippen LogP contribution in [0.3, 0.4) is 0 Å². The van der Waals surface area contributed by atoms with Crippen molar-refractivity contribution in [2.45, 2.75) is 26.7 Å². The molecule has 1 N–H and O–H groups in total. The number of likely N-dealkylation sites (tertiary alicyclic amines) is 1. The molecule has 1 fully saturated rings. The second-order valence-corrected chi connectivity index (χ2v) is 6.07. The highest BCUT2D eigenvalue weighted by atomic mass is 16.2. The van der Waals surface area contributed by atoms with Crippen LogP contribution in [-0.2, 0) is 9.59 Å². The third-order valence-corrected chi connectivity index (χ3v) is 3.92. The van der Waals surface area contributed by atoms with Crippen molar-refractivity contribution in [1.29, 1.82) is 0 Å². The predicted octanol–water partition coefficient (Wildman–Crippen LogP) is 1.48. The first-order valence-electron chi connectivity index (χ1n) is 7.79. The molecule has 1 aromatic rings. The number of carbonyl (C=O) groups is 2. The third-order valence-electron chi connectivity index (χ3n) is 3.92. The Kier molecular flexibility index (Phi) is 5.41. The van der Waals surface area contributed by atoms with Crippen molar-refractivity contribution < 1.29 is 9.59 Å². The van der Waals surface area contributed by atoms with E-state index in [-0.39, 0.29) is 24.9 Å². The van der Waals surface area contributed by atoms with Crippen molar-refractivity contribution in [3.63, 3.8) is 0 Å². The van der Waals surface area contributed by atoms with Gasteiger partial charge in [0, 0.05) is 25.8 Å². The standard InChI is InChI=1S/C17H25N3O2/c1-13-8-14(2)10-15(9-13)19(3)12-16(21)18-11-17(22)20-6-4-5-7-20/h8-10H,4-7,11-12H2,1-3H3,(H,18,21). The van der Waals surface area contributed by atoms with E-state index < -0.39 is 0 Å². The lowest BCUT2D eigenvalue weighted by atomic mass is 10.1. The quantitative estimate of drug-likeness (QED) is 0.896. The van der Waals surface area contributed by atoms with Crippen LogP contribution in [0.4, 0.5) is 5.69 Å². The molecule has 2 rings (SSSR count). The summed E-state index contributed by atoms with van der Waals surface area (Å²) in [4.78, 5) is 27.6. The van der Waals surface area contributed by atoms with Crippen molar-refractivity contribution in [3.05, 3.63) is 29.3 Å². The molecule has 120 valence electrons. The molecule has 0 saturated carbocycles. The van der Waals surface area contributed by atoms with Crippen LogP contribution in [0.25, 0.3) is 0 Å². The molecule has 0 radical (unpaired) electrons.